The van der Waals surface area contributed by atoms with Gasteiger partial charge in [0.05, 0.1) is 12.2 Å². The van der Waals surface area contributed by atoms with Crippen LogP contribution in [0.1, 0.15) is 33.2 Å². The summed E-state index contributed by atoms with van der Waals surface area (Å²) in [5, 5.41) is 3.28. The van der Waals surface area contributed by atoms with Crippen molar-refractivity contribution in [1.82, 2.24) is 0 Å². The largest absolute Gasteiger partial charge is 0.462 e. The minimum absolute atomic E-state index is 0.286. The average Bonchev–Trinajstić information content (AvgIpc) is 2.49. The van der Waals surface area contributed by atoms with Crippen molar-refractivity contribution in [2.45, 2.75) is 13.8 Å². The third-order valence-electron chi connectivity index (χ3n) is 3.16. The fraction of sp³-hybridized carbons (Fsp3) is 0.176. The maximum absolute atomic E-state index is 12.2. The first-order valence-electron chi connectivity index (χ1n) is 6.86. The fourth-order valence-electron chi connectivity index (χ4n) is 2.03. The van der Waals surface area contributed by atoms with Crippen LogP contribution in [0.15, 0.2) is 42.5 Å². The first-order chi connectivity index (χ1) is 10.5. The van der Waals surface area contributed by atoms with Gasteiger partial charge < -0.3 is 10.1 Å². The van der Waals surface area contributed by atoms with Gasteiger partial charge in [0.1, 0.15) is 0 Å². The molecule has 0 aliphatic carbocycles. The van der Waals surface area contributed by atoms with Gasteiger partial charge in [-0.25, -0.2) is 4.79 Å². The molecule has 1 amide bonds. The van der Waals surface area contributed by atoms with Gasteiger partial charge in [-0.2, -0.15) is 0 Å². The Morgan fingerprint density at radius 3 is 2.59 bits per heavy atom. The normalized spacial score (nSPS) is 10.1. The number of ether oxygens (including phenoxy) is 1. The van der Waals surface area contributed by atoms with Gasteiger partial charge in [0, 0.05) is 16.3 Å². The standard InChI is InChI=1S/C17H16ClNO3/c1-3-22-17(21)14-8-5-9-15(11(14)2)19-16(20)12-6-4-7-13(18)10-12/h4-10H,3H2,1-2H3,(H,19,20). The Labute approximate surface area is 134 Å². The molecule has 0 aliphatic heterocycles. The zero-order chi connectivity index (χ0) is 16.1. The maximum atomic E-state index is 12.2. The van der Waals surface area contributed by atoms with Crippen LogP contribution in [0.2, 0.25) is 5.02 Å². The molecule has 2 rings (SSSR count). The van der Waals surface area contributed by atoms with E-state index < -0.39 is 5.97 Å². The highest BCUT2D eigenvalue weighted by Gasteiger charge is 2.14. The Kier molecular flexibility index (Phi) is 5.17. The van der Waals surface area contributed by atoms with Crippen LogP contribution in [0.5, 0.6) is 0 Å². The number of halogens is 1. The van der Waals surface area contributed by atoms with Crippen LogP contribution < -0.4 is 5.32 Å². The zero-order valence-corrected chi connectivity index (χ0v) is 13.1. The van der Waals surface area contributed by atoms with Crippen molar-refractivity contribution in [3.8, 4) is 0 Å². The Balaban J connectivity index is 2.25. The molecule has 0 aromatic heterocycles. The molecule has 0 radical (unpaired) electrons. The van der Waals surface area contributed by atoms with Crippen molar-refractivity contribution in [3.05, 3.63) is 64.2 Å². The number of carbonyl (C=O) groups excluding carboxylic acids is 2. The quantitative estimate of drug-likeness (QED) is 0.864. The van der Waals surface area contributed by atoms with Crippen LogP contribution in [-0.4, -0.2) is 18.5 Å². The zero-order valence-electron chi connectivity index (χ0n) is 12.4. The second-order valence-electron chi connectivity index (χ2n) is 4.66. The van der Waals surface area contributed by atoms with Gasteiger partial charge in [-0.3, -0.25) is 4.79 Å². The van der Waals surface area contributed by atoms with Gasteiger partial charge in [0.15, 0.2) is 0 Å². The van der Waals surface area contributed by atoms with E-state index in [9.17, 15) is 9.59 Å². The second-order valence-corrected chi connectivity index (χ2v) is 5.10. The Bertz CT molecular complexity index is 713. The first-order valence-corrected chi connectivity index (χ1v) is 7.24. The lowest BCUT2D eigenvalue weighted by Crippen LogP contribution is -2.14. The summed E-state index contributed by atoms with van der Waals surface area (Å²) in [4.78, 5) is 24.1. The molecule has 0 bridgehead atoms. The van der Waals surface area contributed by atoms with Crippen molar-refractivity contribution in [1.29, 1.82) is 0 Å². The molecule has 0 saturated heterocycles. The summed E-state index contributed by atoms with van der Waals surface area (Å²) < 4.78 is 5.00. The second kappa shape index (κ2) is 7.09. The summed E-state index contributed by atoms with van der Waals surface area (Å²) in [5.74, 6) is -0.689. The molecule has 1 N–H and O–H groups in total. The van der Waals surface area contributed by atoms with E-state index >= 15 is 0 Å². The fourth-order valence-corrected chi connectivity index (χ4v) is 2.22. The molecule has 2 aromatic rings. The van der Waals surface area contributed by atoms with E-state index in [1.165, 1.54) is 0 Å². The van der Waals surface area contributed by atoms with Crippen LogP contribution in [0, 0.1) is 6.92 Å². The van der Waals surface area contributed by atoms with Gasteiger partial charge >= 0.3 is 5.97 Å². The molecule has 0 spiro atoms. The minimum Gasteiger partial charge on any atom is -0.462 e. The number of esters is 1. The highest BCUT2D eigenvalue weighted by molar-refractivity contribution is 6.31. The topological polar surface area (TPSA) is 55.4 Å². The number of benzene rings is 2. The number of amides is 1. The third-order valence-corrected chi connectivity index (χ3v) is 3.40. The summed E-state index contributed by atoms with van der Waals surface area (Å²) in [6.45, 7) is 3.81. The Hall–Kier alpha value is -2.33. The molecule has 2 aromatic carbocycles. The highest BCUT2D eigenvalue weighted by Crippen LogP contribution is 2.21. The van der Waals surface area contributed by atoms with Crippen LogP contribution in [0.4, 0.5) is 5.69 Å². The van der Waals surface area contributed by atoms with Crippen molar-refractivity contribution >= 4 is 29.2 Å². The third kappa shape index (κ3) is 3.65. The molecule has 0 atom stereocenters. The summed E-state index contributed by atoms with van der Waals surface area (Å²) in [6.07, 6.45) is 0. The first kappa shape index (κ1) is 16.0. The van der Waals surface area contributed by atoms with E-state index in [0.717, 1.165) is 0 Å². The molecule has 114 valence electrons. The van der Waals surface area contributed by atoms with E-state index in [1.807, 2.05) is 0 Å². The number of nitrogens with one attached hydrogen (secondary N) is 1. The summed E-state index contributed by atoms with van der Waals surface area (Å²) in [6, 6.07) is 11.8. The molecule has 22 heavy (non-hydrogen) atoms. The van der Waals surface area contributed by atoms with Gasteiger partial charge in [-0.05, 0) is 49.7 Å². The molecule has 4 nitrogen and oxygen atoms in total. The Morgan fingerprint density at radius 1 is 1.18 bits per heavy atom. The molecular weight excluding hydrogens is 302 g/mol. The lowest BCUT2D eigenvalue weighted by Gasteiger charge is -2.12. The Morgan fingerprint density at radius 2 is 1.91 bits per heavy atom. The molecule has 0 unspecified atom stereocenters. The van der Waals surface area contributed by atoms with Gasteiger partial charge in [-0.15, -0.1) is 0 Å². The van der Waals surface area contributed by atoms with Crippen molar-refractivity contribution in [3.63, 3.8) is 0 Å². The number of anilines is 1. The van der Waals surface area contributed by atoms with Gasteiger partial charge in [0.25, 0.3) is 5.91 Å². The summed E-state index contributed by atoms with van der Waals surface area (Å²) in [5.41, 5.74) is 2.12. The molecule has 0 heterocycles. The van der Waals surface area contributed by atoms with Crippen molar-refractivity contribution in [2.24, 2.45) is 0 Å². The molecule has 5 heteroatoms. The highest BCUT2D eigenvalue weighted by atomic mass is 35.5. The number of hydrogen-bond acceptors (Lipinski definition) is 3. The van der Waals surface area contributed by atoms with Crippen LogP contribution in [0.3, 0.4) is 0 Å². The number of carbonyl (C=O) groups is 2. The predicted octanol–water partition coefficient (Wildman–Crippen LogP) is 4.08. The molecule has 0 aliphatic rings. The van der Waals surface area contributed by atoms with Crippen molar-refractivity contribution in [2.75, 3.05) is 11.9 Å². The van der Waals surface area contributed by atoms with E-state index in [-0.39, 0.29) is 5.91 Å². The summed E-state index contributed by atoms with van der Waals surface area (Å²) in [7, 11) is 0. The van der Waals surface area contributed by atoms with Crippen molar-refractivity contribution < 1.29 is 14.3 Å². The molecule has 0 fully saturated rings. The summed E-state index contributed by atoms with van der Waals surface area (Å²) >= 11 is 5.88. The SMILES string of the molecule is CCOC(=O)c1cccc(NC(=O)c2cccc(Cl)c2)c1C. The van der Waals surface area contributed by atoms with Gasteiger partial charge in [0.2, 0.25) is 0 Å². The minimum atomic E-state index is -0.404. The number of rotatable bonds is 4. The molecular formula is C17H16ClNO3. The van der Waals surface area contributed by atoms with Crippen LogP contribution in [0.25, 0.3) is 0 Å². The average molecular weight is 318 g/mol. The maximum Gasteiger partial charge on any atom is 0.338 e. The monoisotopic (exact) mass is 317 g/mol. The smallest absolute Gasteiger partial charge is 0.338 e. The number of hydrogen-bond donors (Lipinski definition) is 1. The lowest BCUT2D eigenvalue weighted by atomic mass is 10.1. The van der Waals surface area contributed by atoms with E-state index in [4.69, 9.17) is 16.3 Å². The predicted molar refractivity (Wildman–Crippen MR) is 86.5 cm³/mol. The van der Waals surface area contributed by atoms with Gasteiger partial charge in [-0.1, -0.05) is 23.7 Å². The van der Waals surface area contributed by atoms with Crippen LogP contribution in [-0.2, 0) is 4.74 Å². The van der Waals surface area contributed by atoms with Crippen LogP contribution >= 0.6 is 11.6 Å². The lowest BCUT2D eigenvalue weighted by molar-refractivity contribution is 0.0525. The van der Waals surface area contributed by atoms with E-state index in [1.54, 1.807) is 56.3 Å². The van der Waals surface area contributed by atoms with E-state index in [0.29, 0.717) is 34.0 Å². The molecule has 0 saturated carbocycles. The van der Waals surface area contributed by atoms with E-state index in [2.05, 4.69) is 5.32 Å².